The summed E-state index contributed by atoms with van der Waals surface area (Å²) in [7, 11) is 0. The Balaban J connectivity index is 1.44. The average Bonchev–Trinajstić information content (AvgIpc) is 3.13. The topological polar surface area (TPSA) is 47.6 Å². The van der Waals surface area contributed by atoms with Crippen LogP contribution < -0.4 is 14.8 Å². The Morgan fingerprint density at radius 2 is 1.88 bits per heavy atom. The molecule has 4 rings (SSSR count). The first-order chi connectivity index (χ1) is 11.6. The van der Waals surface area contributed by atoms with Gasteiger partial charge in [0.15, 0.2) is 11.5 Å². The van der Waals surface area contributed by atoms with E-state index in [4.69, 9.17) is 9.47 Å². The van der Waals surface area contributed by atoms with E-state index in [0.29, 0.717) is 17.0 Å². The zero-order valence-electron chi connectivity index (χ0n) is 13.2. The van der Waals surface area contributed by atoms with Crippen LogP contribution >= 0.6 is 0 Å². The highest BCUT2D eigenvalue weighted by Gasteiger charge is 2.44. The van der Waals surface area contributed by atoms with Gasteiger partial charge in [0.1, 0.15) is 5.82 Å². The monoisotopic (exact) mass is 327 g/mol. The van der Waals surface area contributed by atoms with Gasteiger partial charge in [-0.05, 0) is 42.7 Å². The van der Waals surface area contributed by atoms with Crippen LogP contribution in [-0.4, -0.2) is 11.7 Å². The maximum absolute atomic E-state index is 13.2. The first-order valence-electron chi connectivity index (χ1n) is 8.18. The predicted molar refractivity (Wildman–Crippen MR) is 87.6 cm³/mol. The number of amides is 1. The largest absolute Gasteiger partial charge is 0.448 e. The third-order valence-electron chi connectivity index (χ3n) is 4.44. The number of fused-ring (bicyclic) bond motifs is 1. The van der Waals surface area contributed by atoms with Gasteiger partial charge in [-0.1, -0.05) is 12.1 Å². The molecule has 0 radical (unpaired) electrons. The van der Waals surface area contributed by atoms with Crippen LogP contribution in [0.2, 0.25) is 0 Å². The van der Waals surface area contributed by atoms with Crippen molar-refractivity contribution in [1.82, 2.24) is 0 Å². The lowest BCUT2D eigenvalue weighted by atomic mass is 10.1. The van der Waals surface area contributed by atoms with Crippen molar-refractivity contribution in [3.63, 3.8) is 0 Å². The number of hydrogen-bond donors (Lipinski definition) is 1. The van der Waals surface area contributed by atoms with E-state index in [0.717, 1.165) is 31.4 Å². The molecule has 0 unspecified atom stereocenters. The molecule has 0 bridgehead atoms. The van der Waals surface area contributed by atoms with Crippen molar-refractivity contribution < 1.29 is 18.7 Å². The maximum atomic E-state index is 13.2. The van der Waals surface area contributed by atoms with Crippen LogP contribution in [0.5, 0.6) is 11.5 Å². The van der Waals surface area contributed by atoms with Crippen molar-refractivity contribution in [1.29, 1.82) is 0 Å². The maximum Gasteiger partial charge on any atom is 0.251 e. The number of carbonyl (C=O) groups excluding carboxylic acids is 1. The molecular weight excluding hydrogens is 309 g/mol. The molecule has 2 aromatic carbocycles. The lowest BCUT2D eigenvalue weighted by molar-refractivity contribution is -0.115. The lowest BCUT2D eigenvalue weighted by Gasteiger charge is -2.21. The Morgan fingerprint density at radius 3 is 2.67 bits per heavy atom. The fourth-order valence-electron chi connectivity index (χ4n) is 3.33. The number of ether oxygens (including phenoxy) is 2. The molecule has 1 saturated carbocycles. The molecule has 1 fully saturated rings. The summed E-state index contributed by atoms with van der Waals surface area (Å²) in [5.41, 5.74) is 1.28. The van der Waals surface area contributed by atoms with Gasteiger partial charge in [-0.15, -0.1) is 0 Å². The summed E-state index contributed by atoms with van der Waals surface area (Å²) in [6.45, 7) is 0. The second-order valence-electron chi connectivity index (χ2n) is 6.34. The van der Waals surface area contributed by atoms with Crippen LogP contribution in [0.4, 0.5) is 10.1 Å². The minimum atomic E-state index is -0.507. The molecule has 24 heavy (non-hydrogen) atoms. The van der Waals surface area contributed by atoms with Gasteiger partial charge in [0.25, 0.3) is 5.79 Å². The highest BCUT2D eigenvalue weighted by atomic mass is 19.1. The highest BCUT2D eigenvalue weighted by Crippen LogP contribution is 2.47. The van der Waals surface area contributed by atoms with Crippen LogP contribution in [0.25, 0.3) is 0 Å². The molecule has 0 saturated heterocycles. The van der Waals surface area contributed by atoms with Crippen molar-refractivity contribution in [2.75, 3.05) is 5.32 Å². The van der Waals surface area contributed by atoms with Gasteiger partial charge in [0, 0.05) is 24.6 Å². The smallest absolute Gasteiger partial charge is 0.251 e. The van der Waals surface area contributed by atoms with Gasteiger partial charge >= 0.3 is 0 Å². The second-order valence-corrected chi connectivity index (χ2v) is 6.34. The van der Waals surface area contributed by atoms with Crippen molar-refractivity contribution in [2.24, 2.45) is 0 Å². The zero-order chi connectivity index (χ0) is 16.6. The number of nitrogens with one attached hydrogen (secondary N) is 1. The number of halogens is 1. The van der Waals surface area contributed by atoms with Crippen LogP contribution in [0.1, 0.15) is 31.2 Å². The van der Waals surface area contributed by atoms with E-state index in [2.05, 4.69) is 5.32 Å². The normalized spacial score (nSPS) is 17.2. The molecule has 1 aliphatic carbocycles. The second kappa shape index (κ2) is 5.82. The van der Waals surface area contributed by atoms with Gasteiger partial charge in [-0.25, -0.2) is 4.39 Å². The van der Waals surface area contributed by atoms with Gasteiger partial charge in [0.2, 0.25) is 5.91 Å². The van der Waals surface area contributed by atoms with Crippen molar-refractivity contribution in [2.45, 2.75) is 37.9 Å². The number of carbonyl (C=O) groups is 1. The molecule has 2 aromatic rings. The van der Waals surface area contributed by atoms with Gasteiger partial charge in [-0.2, -0.15) is 0 Å². The number of benzene rings is 2. The molecule has 0 atom stereocenters. The number of hydrogen-bond acceptors (Lipinski definition) is 3. The van der Waals surface area contributed by atoms with Crippen LogP contribution in [-0.2, 0) is 11.2 Å². The SMILES string of the molecule is O=C(Cc1cccc(F)c1)Nc1ccc2c(c1)OC1(CCCC1)O2. The van der Waals surface area contributed by atoms with E-state index in [1.807, 2.05) is 6.07 Å². The molecular formula is C19H18FNO3. The molecule has 1 amide bonds. The first kappa shape index (κ1) is 15.0. The highest BCUT2D eigenvalue weighted by molar-refractivity contribution is 5.92. The summed E-state index contributed by atoms with van der Waals surface area (Å²) in [4.78, 5) is 12.1. The molecule has 1 heterocycles. The van der Waals surface area contributed by atoms with E-state index >= 15 is 0 Å². The number of rotatable bonds is 3. The van der Waals surface area contributed by atoms with E-state index in [9.17, 15) is 9.18 Å². The summed E-state index contributed by atoms with van der Waals surface area (Å²) >= 11 is 0. The van der Waals surface area contributed by atoms with E-state index in [-0.39, 0.29) is 18.1 Å². The average molecular weight is 327 g/mol. The lowest BCUT2D eigenvalue weighted by Crippen LogP contribution is -2.34. The molecule has 124 valence electrons. The molecule has 5 heteroatoms. The Hall–Kier alpha value is -2.56. The third kappa shape index (κ3) is 2.94. The summed E-state index contributed by atoms with van der Waals surface area (Å²) in [6.07, 6.45) is 4.11. The van der Waals surface area contributed by atoms with Crippen molar-refractivity contribution >= 4 is 11.6 Å². The predicted octanol–water partition coefficient (Wildman–Crippen LogP) is 4.05. The van der Waals surface area contributed by atoms with E-state index < -0.39 is 5.79 Å². The molecule has 2 aliphatic rings. The fraction of sp³-hybridized carbons (Fsp3) is 0.316. The standard InChI is InChI=1S/C19H18FNO3/c20-14-5-3-4-13(10-14)11-18(22)21-15-6-7-16-17(12-15)24-19(23-16)8-1-2-9-19/h3-7,10,12H,1-2,8-9,11H2,(H,21,22). The zero-order valence-corrected chi connectivity index (χ0v) is 13.2. The third-order valence-corrected chi connectivity index (χ3v) is 4.44. The van der Waals surface area contributed by atoms with Crippen LogP contribution in [0, 0.1) is 5.82 Å². The molecule has 1 aliphatic heterocycles. The minimum Gasteiger partial charge on any atom is -0.448 e. The summed E-state index contributed by atoms with van der Waals surface area (Å²) in [5.74, 6) is 0.341. The van der Waals surface area contributed by atoms with Gasteiger partial charge in [0.05, 0.1) is 6.42 Å². The van der Waals surface area contributed by atoms with Gasteiger partial charge in [-0.3, -0.25) is 4.79 Å². The van der Waals surface area contributed by atoms with Crippen LogP contribution in [0.15, 0.2) is 42.5 Å². The molecule has 4 nitrogen and oxygen atoms in total. The fourth-order valence-corrected chi connectivity index (χ4v) is 3.33. The number of anilines is 1. The van der Waals surface area contributed by atoms with Crippen molar-refractivity contribution in [3.05, 3.63) is 53.8 Å². The van der Waals surface area contributed by atoms with Gasteiger partial charge < -0.3 is 14.8 Å². The Morgan fingerprint density at radius 1 is 1.08 bits per heavy atom. The van der Waals surface area contributed by atoms with E-state index in [1.54, 1.807) is 24.3 Å². The summed E-state index contributed by atoms with van der Waals surface area (Å²) < 4.78 is 25.1. The van der Waals surface area contributed by atoms with Crippen molar-refractivity contribution in [3.8, 4) is 11.5 Å². The van der Waals surface area contributed by atoms with Crippen LogP contribution in [0.3, 0.4) is 0 Å². The Bertz CT molecular complexity index is 784. The Labute approximate surface area is 139 Å². The summed E-state index contributed by atoms with van der Waals surface area (Å²) in [5, 5.41) is 2.82. The molecule has 1 N–H and O–H groups in total. The van der Waals surface area contributed by atoms with E-state index in [1.165, 1.54) is 12.1 Å². The first-order valence-corrected chi connectivity index (χ1v) is 8.18. The summed E-state index contributed by atoms with van der Waals surface area (Å²) in [6, 6.07) is 11.4. The molecule has 0 aromatic heterocycles. The minimum absolute atomic E-state index is 0.121. The quantitative estimate of drug-likeness (QED) is 0.925. The molecule has 1 spiro atoms. The Kier molecular flexibility index (Phi) is 3.63.